The Balaban J connectivity index is 1.30. The van der Waals surface area contributed by atoms with Crippen molar-refractivity contribution in [1.29, 1.82) is 0 Å². The number of aromatic nitrogens is 2. The molecule has 0 bridgehead atoms. The van der Waals surface area contributed by atoms with Gasteiger partial charge in [0.25, 0.3) is 11.8 Å². The molecule has 0 unspecified atom stereocenters. The number of fused-ring (bicyclic) bond motifs is 2. The molecule has 47 heavy (non-hydrogen) atoms. The van der Waals surface area contributed by atoms with Gasteiger partial charge in [-0.25, -0.2) is 0 Å². The Morgan fingerprint density at radius 2 is 1.34 bits per heavy atom. The van der Waals surface area contributed by atoms with Crippen LogP contribution >= 0.6 is 0 Å². The minimum absolute atomic E-state index is 0.337. The second kappa shape index (κ2) is 13.4. The van der Waals surface area contributed by atoms with Gasteiger partial charge in [0.15, 0.2) is 0 Å². The molecule has 2 amide bonds. The highest BCUT2D eigenvalue weighted by Gasteiger charge is 2.35. The van der Waals surface area contributed by atoms with E-state index in [9.17, 15) is 9.59 Å². The molecule has 3 N–H and O–H groups in total. The average Bonchev–Trinajstić information content (AvgIpc) is 3.77. The maximum atomic E-state index is 13.6. The zero-order chi connectivity index (χ0) is 32.2. The zero-order valence-corrected chi connectivity index (χ0v) is 26.2. The molecule has 2 aromatic heterocycles. The third-order valence-corrected chi connectivity index (χ3v) is 8.47. The molecule has 0 aliphatic carbocycles. The average molecular weight is 625 g/mol. The summed E-state index contributed by atoms with van der Waals surface area (Å²) in [4.78, 5) is 30.5. The van der Waals surface area contributed by atoms with Crippen LogP contribution in [-0.4, -0.2) is 34.5 Å². The Hall–Kier alpha value is -5.60. The molecule has 1 aliphatic heterocycles. The quantitative estimate of drug-likeness (QED) is 0.0965. The number of imide groups is 1. The number of nitrogens with zero attached hydrogens (tertiary/aromatic N) is 1. The van der Waals surface area contributed by atoms with Crippen molar-refractivity contribution in [2.24, 2.45) is 0 Å². The molecule has 0 saturated heterocycles. The molecule has 6 aromatic rings. The molecule has 0 atom stereocenters. The van der Waals surface area contributed by atoms with Crippen LogP contribution in [0, 0.1) is 0 Å². The minimum atomic E-state index is -0.425. The van der Waals surface area contributed by atoms with E-state index in [-0.39, 0.29) is 0 Å². The molecule has 0 saturated carbocycles. The first kappa shape index (κ1) is 30.1. The summed E-state index contributed by atoms with van der Waals surface area (Å²) in [6.45, 7) is 5.46. The third kappa shape index (κ3) is 6.28. The van der Waals surface area contributed by atoms with E-state index in [0.29, 0.717) is 47.0 Å². The standard InChI is InChI=1S/C39H36N4O4/c1-2-40-18-9-19-43-23-33(31-21-29(15-17-35(31)43)47-25-27-12-7-4-8-13-27)37-36(38(44)42-39(37)45)32-22-41-34-16-14-28(20-30(32)34)46-24-26-10-5-3-6-11-26/h3-8,10-17,20-23,40-41H,2,9,18-19,24-25H2,1H3,(H,42,44,45). The van der Waals surface area contributed by atoms with Crippen LogP contribution in [0.2, 0.25) is 0 Å². The largest absolute Gasteiger partial charge is 0.489 e. The zero-order valence-electron chi connectivity index (χ0n) is 26.2. The van der Waals surface area contributed by atoms with Gasteiger partial charge >= 0.3 is 0 Å². The number of amides is 2. The van der Waals surface area contributed by atoms with Crippen molar-refractivity contribution in [3.05, 3.63) is 132 Å². The van der Waals surface area contributed by atoms with Gasteiger partial charge in [0, 0.05) is 51.9 Å². The second-order valence-corrected chi connectivity index (χ2v) is 11.6. The number of rotatable bonds is 13. The fourth-order valence-electron chi connectivity index (χ4n) is 6.15. The van der Waals surface area contributed by atoms with Crippen LogP contribution in [-0.2, 0) is 29.3 Å². The lowest BCUT2D eigenvalue weighted by Crippen LogP contribution is -2.22. The summed E-state index contributed by atoms with van der Waals surface area (Å²) in [6, 6.07) is 31.7. The van der Waals surface area contributed by atoms with E-state index in [1.54, 1.807) is 6.20 Å². The number of benzene rings is 4. The van der Waals surface area contributed by atoms with E-state index in [1.807, 2.05) is 103 Å². The van der Waals surface area contributed by atoms with Crippen molar-refractivity contribution < 1.29 is 19.1 Å². The molecule has 236 valence electrons. The number of carbonyl (C=O) groups is 2. The predicted molar refractivity (Wildman–Crippen MR) is 185 cm³/mol. The van der Waals surface area contributed by atoms with Crippen LogP contribution in [0.15, 0.2) is 109 Å². The van der Waals surface area contributed by atoms with Gasteiger partial charge in [0.2, 0.25) is 0 Å². The van der Waals surface area contributed by atoms with Crippen molar-refractivity contribution in [3.8, 4) is 11.5 Å². The Bertz CT molecular complexity index is 2090. The van der Waals surface area contributed by atoms with E-state index in [1.165, 1.54) is 0 Å². The molecular formula is C39H36N4O4. The monoisotopic (exact) mass is 624 g/mol. The number of ether oxygens (including phenoxy) is 2. The minimum Gasteiger partial charge on any atom is -0.489 e. The summed E-state index contributed by atoms with van der Waals surface area (Å²) < 4.78 is 14.5. The first-order chi connectivity index (χ1) is 23.1. The summed E-state index contributed by atoms with van der Waals surface area (Å²) in [6.07, 6.45) is 4.70. The number of nitrogens with one attached hydrogen (secondary N) is 3. The topological polar surface area (TPSA) is 97.4 Å². The van der Waals surface area contributed by atoms with Crippen LogP contribution in [0.1, 0.15) is 35.6 Å². The first-order valence-corrected chi connectivity index (χ1v) is 16.0. The van der Waals surface area contributed by atoms with Gasteiger partial charge in [0.05, 0.1) is 11.1 Å². The van der Waals surface area contributed by atoms with Crippen molar-refractivity contribution in [2.45, 2.75) is 33.1 Å². The highest BCUT2D eigenvalue weighted by Crippen LogP contribution is 2.40. The maximum Gasteiger partial charge on any atom is 0.259 e. The summed E-state index contributed by atoms with van der Waals surface area (Å²) in [5, 5.41) is 7.61. The summed E-state index contributed by atoms with van der Waals surface area (Å²) in [7, 11) is 0. The van der Waals surface area contributed by atoms with Crippen LogP contribution in [0.4, 0.5) is 0 Å². The van der Waals surface area contributed by atoms with Crippen LogP contribution in [0.5, 0.6) is 11.5 Å². The summed E-state index contributed by atoms with van der Waals surface area (Å²) in [5.41, 5.74) is 5.95. The number of hydrogen-bond donors (Lipinski definition) is 3. The Morgan fingerprint density at radius 1 is 0.723 bits per heavy atom. The summed E-state index contributed by atoms with van der Waals surface area (Å²) >= 11 is 0. The molecule has 3 heterocycles. The molecule has 7 rings (SSSR count). The van der Waals surface area contributed by atoms with Gasteiger partial charge in [-0.1, -0.05) is 67.6 Å². The van der Waals surface area contributed by atoms with Crippen LogP contribution in [0.3, 0.4) is 0 Å². The van der Waals surface area contributed by atoms with Gasteiger partial charge in [-0.2, -0.15) is 0 Å². The lowest BCUT2D eigenvalue weighted by atomic mass is 9.95. The number of aryl methyl sites for hydroxylation is 1. The van der Waals surface area contributed by atoms with Gasteiger partial charge in [-0.15, -0.1) is 0 Å². The number of H-pyrrole nitrogens is 1. The lowest BCUT2D eigenvalue weighted by molar-refractivity contribution is -0.122. The fraction of sp³-hybridized carbons (Fsp3) is 0.179. The maximum absolute atomic E-state index is 13.6. The van der Waals surface area contributed by atoms with E-state index >= 15 is 0 Å². The van der Waals surface area contributed by atoms with Gasteiger partial charge in [-0.05, 0) is 67.0 Å². The van der Waals surface area contributed by atoms with Crippen molar-refractivity contribution in [2.75, 3.05) is 13.1 Å². The van der Waals surface area contributed by atoms with Crippen molar-refractivity contribution in [1.82, 2.24) is 20.2 Å². The molecule has 8 heteroatoms. The molecule has 0 spiro atoms. The van der Waals surface area contributed by atoms with E-state index < -0.39 is 11.8 Å². The van der Waals surface area contributed by atoms with Crippen molar-refractivity contribution >= 4 is 44.8 Å². The Labute approximate surface area is 273 Å². The normalized spacial score (nSPS) is 13.1. The smallest absolute Gasteiger partial charge is 0.259 e. The van der Waals surface area contributed by atoms with E-state index in [4.69, 9.17) is 9.47 Å². The summed E-state index contributed by atoms with van der Waals surface area (Å²) in [5.74, 6) is 0.517. The molecule has 8 nitrogen and oxygen atoms in total. The lowest BCUT2D eigenvalue weighted by Gasteiger charge is -2.09. The van der Waals surface area contributed by atoms with Crippen molar-refractivity contribution in [3.63, 3.8) is 0 Å². The van der Waals surface area contributed by atoms with E-state index in [2.05, 4.69) is 27.1 Å². The first-order valence-electron chi connectivity index (χ1n) is 16.0. The molecule has 4 aromatic carbocycles. The molecule has 0 fully saturated rings. The highest BCUT2D eigenvalue weighted by atomic mass is 16.5. The van der Waals surface area contributed by atoms with Gasteiger partial charge in [0.1, 0.15) is 24.7 Å². The fourth-order valence-corrected chi connectivity index (χ4v) is 6.15. The predicted octanol–water partition coefficient (Wildman–Crippen LogP) is 6.85. The number of hydrogen-bond acceptors (Lipinski definition) is 5. The Morgan fingerprint density at radius 3 is 2.00 bits per heavy atom. The molecule has 0 radical (unpaired) electrons. The Kier molecular flexibility index (Phi) is 8.58. The van der Waals surface area contributed by atoms with Gasteiger partial charge < -0.3 is 24.3 Å². The number of carbonyl (C=O) groups excluding carboxylic acids is 2. The van der Waals surface area contributed by atoms with Gasteiger partial charge in [-0.3, -0.25) is 14.9 Å². The number of aromatic amines is 1. The second-order valence-electron chi connectivity index (χ2n) is 11.6. The third-order valence-electron chi connectivity index (χ3n) is 8.47. The highest BCUT2D eigenvalue weighted by molar-refractivity contribution is 6.50. The SMILES string of the molecule is CCNCCCn1cc(C2=C(c3c[nH]c4ccc(OCc5ccccc5)cc34)C(=O)NC2=O)c2cc(OCc3ccccc3)ccc21. The van der Waals surface area contributed by atoms with Crippen LogP contribution in [0.25, 0.3) is 33.0 Å². The van der Waals surface area contributed by atoms with E-state index in [0.717, 1.165) is 59.0 Å². The van der Waals surface area contributed by atoms with Crippen LogP contribution < -0.4 is 20.1 Å². The molecule has 1 aliphatic rings. The molecular weight excluding hydrogens is 588 g/mol.